The summed E-state index contributed by atoms with van der Waals surface area (Å²) in [5, 5.41) is 3.53. The predicted molar refractivity (Wildman–Crippen MR) is 207 cm³/mol. The fourth-order valence-electron chi connectivity index (χ4n) is 6.74. The minimum absolute atomic E-state index is 0.714. The summed E-state index contributed by atoms with van der Waals surface area (Å²) in [6, 6.07) is 65.7. The van der Waals surface area contributed by atoms with Crippen LogP contribution in [0.2, 0.25) is 0 Å². The average molecular weight is 638 g/mol. The second kappa shape index (κ2) is 12.7. The summed E-state index contributed by atoms with van der Waals surface area (Å²) >= 11 is 0. The van der Waals surface area contributed by atoms with E-state index in [2.05, 4.69) is 146 Å². The van der Waals surface area contributed by atoms with Crippen LogP contribution in [-0.2, 0) is 0 Å². The van der Waals surface area contributed by atoms with Crippen LogP contribution in [0.4, 0.5) is 0 Å². The summed E-state index contributed by atoms with van der Waals surface area (Å²) in [5.74, 6) is 0.714. The Morgan fingerprint density at radius 1 is 0.300 bits per heavy atom. The first-order valence-electron chi connectivity index (χ1n) is 16.9. The van der Waals surface area contributed by atoms with Crippen LogP contribution >= 0.6 is 0 Å². The van der Waals surface area contributed by atoms with Crippen molar-refractivity contribution in [3.05, 3.63) is 188 Å². The van der Waals surface area contributed by atoms with Crippen LogP contribution in [0, 0.1) is 0 Å². The first-order chi connectivity index (χ1) is 24.8. The Morgan fingerprint density at radius 3 is 1.36 bits per heavy atom. The van der Waals surface area contributed by atoms with Gasteiger partial charge in [0.2, 0.25) is 0 Å². The van der Waals surface area contributed by atoms with E-state index in [9.17, 15) is 0 Å². The summed E-state index contributed by atoms with van der Waals surface area (Å²) in [4.78, 5) is 15.2. The molecule has 2 aromatic heterocycles. The standard InChI is InChI=1S/C47H31N3/c1-5-13-33(14-6-1)41-30-43(35-15-7-2-8-16-35)48-42-28-27-34-23-26-39(29-40(34)46(41)42)32-21-24-37(25-22-32)45-31-44(36-17-9-3-10-18-36)49-47(50-45)38-19-11-4-12-20-38/h1-31H. The SMILES string of the molecule is c1ccc(-c2cc(-c3ccc(-c4ccc5ccc6nc(-c7ccccc7)cc(-c7ccccc7)c6c5c4)cc3)nc(-c3ccccc3)n2)cc1. The molecule has 50 heavy (non-hydrogen) atoms. The normalized spacial score (nSPS) is 11.2. The smallest absolute Gasteiger partial charge is 0.160 e. The summed E-state index contributed by atoms with van der Waals surface area (Å²) in [5.41, 5.74) is 12.6. The molecule has 0 fully saturated rings. The van der Waals surface area contributed by atoms with Gasteiger partial charge in [-0.1, -0.05) is 164 Å². The van der Waals surface area contributed by atoms with Crippen molar-refractivity contribution in [2.75, 3.05) is 0 Å². The van der Waals surface area contributed by atoms with Gasteiger partial charge >= 0.3 is 0 Å². The third-order valence-electron chi connectivity index (χ3n) is 9.29. The van der Waals surface area contributed by atoms with E-state index in [1.54, 1.807) is 0 Å². The second-order valence-corrected chi connectivity index (χ2v) is 12.5. The molecule has 0 aliphatic heterocycles. The fourth-order valence-corrected chi connectivity index (χ4v) is 6.74. The minimum Gasteiger partial charge on any atom is -0.248 e. The molecule has 0 radical (unpaired) electrons. The van der Waals surface area contributed by atoms with E-state index < -0.39 is 0 Å². The molecule has 0 saturated carbocycles. The van der Waals surface area contributed by atoms with Gasteiger partial charge in [-0.2, -0.15) is 0 Å². The van der Waals surface area contributed by atoms with Crippen molar-refractivity contribution in [2.24, 2.45) is 0 Å². The summed E-state index contributed by atoms with van der Waals surface area (Å²) in [7, 11) is 0. The van der Waals surface area contributed by atoms with Crippen LogP contribution in [0.25, 0.3) is 89.1 Å². The molecule has 3 nitrogen and oxygen atoms in total. The van der Waals surface area contributed by atoms with E-state index in [1.165, 1.54) is 21.9 Å². The Kier molecular flexibility index (Phi) is 7.49. The third kappa shape index (κ3) is 5.61. The number of pyridine rings is 1. The quantitative estimate of drug-likeness (QED) is 0.170. The number of benzene rings is 7. The van der Waals surface area contributed by atoms with E-state index in [1.807, 2.05) is 42.5 Å². The molecule has 0 saturated heterocycles. The Morgan fingerprint density at radius 2 is 0.760 bits per heavy atom. The van der Waals surface area contributed by atoms with Gasteiger partial charge in [-0.25, -0.2) is 15.0 Å². The highest BCUT2D eigenvalue weighted by atomic mass is 14.9. The largest absolute Gasteiger partial charge is 0.248 e. The van der Waals surface area contributed by atoms with Crippen LogP contribution in [0.5, 0.6) is 0 Å². The van der Waals surface area contributed by atoms with Gasteiger partial charge in [0, 0.05) is 27.6 Å². The molecule has 9 aromatic rings. The predicted octanol–water partition coefficient (Wildman–Crippen LogP) is 12.2. The summed E-state index contributed by atoms with van der Waals surface area (Å²) in [6.07, 6.45) is 0. The van der Waals surface area contributed by atoms with Crippen LogP contribution in [-0.4, -0.2) is 15.0 Å². The molecule has 7 aromatic carbocycles. The Hall–Kier alpha value is -6.71. The Labute approximate surface area is 291 Å². The van der Waals surface area contributed by atoms with Crippen molar-refractivity contribution in [1.82, 2.24) is 15.0 Å². The topological polar surface area (TPSA) is 38.7 Å². The monoisotopic (exact) mass is 637 g/mol. The molecule has 2 heterocycles. The van der Waals surface area contributed by atoms with Crippen LogP contribution in [0.15, 0.2) is 188 Å². The maximum absolute atomic E-state index is 5.18. The van der Waals surface area contributed by atoms with Gasteiger partial charge in [0.25, 0.3) is 0 Å². The van der Waals surface area contributed by atoms with E-state index in [0.717, 1.165) is 61.4 Å². The van der Waals surface area contributed by atoms with Crippen LogP contribution in [0.3, 0.4) is 0 Å². The van der Waals surface area contributed by atoms with Gasteiger partial charge in [0.15, 0.2) is 5.82 Å². The lowest BCUT2D eigenvalue weighted by Crippen LogP contribution is -1.95. The lowest BCUT2D eigenvalue weighted by Gasteiger charge is -2.14. The fraction of sp³-hybridized carbons (Fsp3) is 0. The molecule has 0 aliphatic carbocycles. The van der Waals surface area contributed by atoms with Gasteiger partial charge in [-0.15, -0.1) is 0 Å². The highest BCUT2D eigenvalue weighted by Crippen LogP contribution is 2.38. The maximum atomic E-state index is 5.18. The Bertz CT molecular complexity index is 2540. The molecule has 0 bridgehead atoms. The lowest BCUT2D eigenvalue weighted by molar-refractivity contribution is 1.18. The molecule has 0 aliphatic rings. The van der Waals surface area contributed by atoms with Crippen molar-refractivity contribution in [3.8, 4) is 67.4 Å². The van der Waals surface area contributed by atoms with Gasteiger partial charge in [0.05, 0.1) is 22.6 Å². The minimum atomic E-state index is 0.714. The molecular formula is C47H31N3. The number of rotatable bonds is 6. The van der Waals surface area contributed by atoms with Crippen molar-refractivity contribution in [1.29, 1.82) is 0 Å². The van der Waals surface area contributed by atoms with Gasteiger partial charge < -0.3 is 0 Å². The van der Waals surface area contributed by atoms with E-state index in [-0.39, 0.29) is 0 Å². The number of aromatic nitrogens is 3. The van der Waals surface area contributed by atoms with Gasteiger partial charge in [0.1, 0.15) is 0 Å². The molecule has 234 valence electrons. The first kappa shape index (κ1) is 29.4. The van der Waals surface area contributed by atoms with Gasteiger partial charge in [-0.3, -0.25) is 0 Å². The highest BCUT2D eigenvalue weighted by Gasteiger charge is 2.15. The van der Waals surface area contributed by atoms with Crippen LogP contribution in [0.1, 0.15) is 0 Å². The molecule has 0 amide bonds. The number of hydrogen-bond donors (Lipinski definition) is 0. The third-order valence-corrected chi connectivity index (χ3v) is 9.29. The zero-order chi connectivity index (χ0) is 33.3. The molecule has 0 unspecified atom stereocenters. The van der Waals surface area contributed by atoms with E-state index in [4.69, 9.17) is 15.0 Å². The van der Waals surface area contributed by atoms with Crippen molar-refractivity contribution < 1.29 is 0 Å². The maximum Gasteiger partial charge on any atom is 0.160 e. The zero-order valence-corrected chi connectivity index (χ0v) is 27.2. The highest BCUT2D eigenvalue weighted by molar-refractivity contribution is 6.14. The van der Waals surface area contributed by atoms with Crippen molar-refractivity contribution in [2.45, 2.75) is 0 Å². The van der Waals surface area contributed by atoms with Crippen molar-refractivity contribution in [3.63, 3.8) is 0 Å². The number of nitrogens with zero attached hydrogens (tertiary/aromatic N) is 3. The van der Waals surface area contributed by atoms with E-state index >= 15 is 0 Å². The Balaban J connectivity index is 1.15. The number of hydrogen-bond acceptors (Lipinski definition) is 3. The van der Waals surface area contributed by atoms with E-state index in [0.29, 0.717) is 5.82 Å². The molecule has 3 heteroatoms. The number of fused-ring (bicyclic) bond motifs is 3. The summed E-state index contributed by atoms with van der Waals surface area (Å²) < 4.78 is 0. The molecule has 0 N–H and O–H groups in total. The first-order valence-corrected chi connectivity index (χ1v) is 16.9. The molecule has 0 atom stereocenters. The van der Waals surface area contributed by atoms with Crippen LogP contribution < -0.4 is 0 Å². The zero-order valence-electron chi connectivity index (χ0n) is 27.2. The van der Waals surface area contributed by atoms with Crippen molar-refractivity contribution >= 4 is 21.7 Å². The average Bonchev–Trinajstić information content (AvgIpc) is 3.21. The second-order valence-electron chi connectivity index (χ2n) is 12.5. The lowest BCUT2D eigenvalue weighted by atomic mass is 9.92. The molecule has 0 spiro atoms. The van der Waals surface area contributed by atoms with Gasteiger partial charge in [-0.05, 0) is 57.3 Å². The molecular weight excluding hydrogens is 607 g/mol. The molecule has 9 rings (SSSR count). The summed E-state index contributed by atoms with van der Waals surface area (Å²) in [6.45, 7) is 0.